The molecule has 8 nitrogen and oxygen atoms in total. The van der Waals surface area contributed by atoms with Crippen LogP contribution in [-0.4, -0.2) is 61.4 Å². The van der Waals surface area contributed by atoms with E-state index in [1.54, 1.807) is 4.90 Å². The van der Waals surface area contributed by atoms with Crippen molar-refractivity contribution in [1.29, 1.82) is 0 Å². The summed E-state index contributed by atoms with van der Waals surface area (Å²) in [6.45, 7) is 5.60. The lowest BCUT2D eigenvalue weighted by Crippen LogP contribution is -2.55. The molecule has 144 valence electrons. The van der Waals surface area contributed by atoms with Crippen molar-refractivity contribution in [2.24, 2.45) is 11.1 Å². The molecular weight excluding hydrogens is 368 g/mol. The number of hydrogen-bond acceptors (Lipinski definition) is 6. The molecule has 1 aliphatic heterocycles. The number of halogens is 1. The molecule has 0 saturated carbocycles. The predicted molar refractivity (Wildman–Crippen MR) is 96.6 cm³/mol. The molecule has 0 aromatic carbocycles. The molecule has 1 aromatic heterocycles. The molecule has 2 N–H and O–H groups in total. The molecule has 1 saturated heterocycles. The van der Waals surface area contributed by atoms with Gasteiger partial charge in [-0.05, 0) is 12.8 Å². The number of nitrogens with zero attached hydrogens (tertiary/aromatic N) is 3. The minimum atomic E-state index is -3.46. The summed E-state index contributed by atoms with van der Waals surface area (Å²) >= 11 is 0. The Morgan fingerprint density at radius 3 is 2.32 bits per heavy atom. The van der Waals surface area contributed by atoms with Crippen LogP contribution in [-0.2, 0) is 20.6 Å². The number of hydrogen-bond donors (Lipinski definition) is 1. The Balaban J connectivity index is 0.00000312. The smallest absolute Gasteiger partial charge is 0.230 e. The second-order valence-electron chi connectivity index (χ2n) is 6.13. The summed E-state index contributed by atoms with van der Waals surface area (Å²) in [4.78, 5) is 14.5. The summed E-state index contributed by atoms with van der Waals surface area (Å²) < 4.78 is 30.9. The molecule has 0 aliphatic carbocycles. The lowest BCUT2D eigenvalue weighted by Gasteiger charge is -2.39. The van der Waals surface area contributed by atoms with E-state index in [4.69, 9.17) is 5.73 Å². The highest BCUT2D eigenvalue weighted by Crippen LogP contribution is 2.28. The van der Waals surface area contributed by atoms with Gasteiger partial charge in [0.05, 0.1) is 11.1 Å². The Labute approximate surface area is 155 Å². The first kappa shape index (κ1) is 21.9. The van der Waals surface area contributed by atoms with Crippen LogP contribution >= 0.6 is 12.4 Å². The van der Waals surface area contributed by atoms with Crippen LogP contribution in [0, 0.1) is 5.41 Å². The van der Waals surface area contributed by atoms with Gasteiger partial charge in [-0.1, -0.05) is 19.0 Å². The van der Waals surface area contributed by atoms with Gasteiger partial charge in [0.15, 0.2) is 0 Å². The molecule has 0 unspecified atom stereocenters. The van der Waals surface area contributed by atoms with Gasteiger partial charge < -0.3 is 15.2 Å². The zero-order chi connectivity index (χ0) is 17.8. The summed E-state index contributed by atoms with van der Waals surface area (Å²) in [7, 11) is -3.46. The van der Waals surface area contributed by atoms with Crippen molar-refractivity contribution in [2.75, 3.05) is 32.7 Å². The number of carbonyl (C=O) groups is 1. The minimum Gasteiger partial charge on any atom is -0.364 e. The van der Waals surface area contributed by atoms with E-state index in [1.165, 1.54) is 16.6 Å². The first-order chi connectivity index (χ1) is 11.4. The quantitative estimate of drug-likeness (QED) is 0.733. The van der Waals surface area contributed by atoms with E-state index in [2.05, 4.69) is 9.68 Å². The second kappa shape index (κ2) is 8.98. The molecule has 10 heteroatoms. The molecule has 1 aliphatic rings. The molecule has 1 aromatic rings. The summed E-state index contributed by atoms with van der Waals surface area (Å²) in [5, 5.41) is 3.65. The number of nitrogens with two attached hydrogens (primary N) is 1. The zero-order valence-electron chi connectivity index (χ0n) is 14.7. The molecule has 25 heavy (non-hydrogen) atoms. The molecule has 0 radical (unpaired) electrons. The SMILES string of the molecule is CCC(CC)(CN)C(=O)N1CCN(S(=O)(=O)Cc2ccon2)CC1.Cl. The third kappa shape index (κ3) is 4.72. The fraction of sp³-hybridized carbons (Fsp3) is 0.733. The van der Waals surface area contributed by atoms with Crippen LogP contribution < -0.4 is 5.73 Å². The van der Waals surface area contributed by atoms with Crippen molar-refractivity contribution in [3.63, 3.8) is 0 Å². The number of rotatable bonds is 7. The van der Waals surface area contributed by atoms with E-state index >= 15 is 0 Å². The lowest BCUT2D eigenvalue weighted by atomic mass is 9.81. The lowest BCUT2D eigenvalue weighted by molar-refractivity contribution is -0.143. The third-order valence-electron chi connectivity index (χ3n) is 4.94. The molecule has 0 bridgehead atoms. The van der Waals surface area contributed by atoms with Crippen molar-refractivity contribution < 1.29 is 17.7 Å². The van der Waals surface area contributed by atoms with Crippen LogP contribution in [0.1, 0.15) is 32.4 Å². The van der Waals surface area contributed by atoms with Gasteiger partial charge in [0.2, 0.25) is 15.9 Å². The van der Waals surface area contributed by atoms with E-state index in [9.17, 15) is 13.2 Å². The zero-order valence-corrected chi connectivity index (χ0v) is 16.3. The molecule has 0 spiro atoms. The molecule has 1 fully saturated rings. The number of sulfonamides is 1. The van der Waals surface area contributed by atoms with E-state index in [0.29, 0.717) is 51.3 Å². The Kier molecular flexibility index (Phi) is 7.86. The van der Waals surface area contributed by atoms with Gasteiger partial charge in [-0.25, -0.2) is 8.42 Å². The summed E-state index contributed by atoms with van der Waals surface area (Å²) in [5.41, 5.74) is 5.68. The van der Waals surface area contributed by atoms with Crippen LogP contribution in [0.25, 0.3) is 0 Å². The van der Waals surface area contributed by atoms with Crippen molar-refractivity contribution in [3.05, 3.63) is 18.0 Å². The second-order valence-corrected chi connectivity index (χ2v) is 8.10. The van der Waals surface area contributed by atoms with E-state index in [-0.39, 0.29) is 24.1 Å². The standard InChI is InChI=1S/C15H26N4O4S.ClH/c1-3-15(4-2,12-16)14(20)18-6-8-19(9-7-18)24(21,22)11-13-5-10-23-17-13;/h5,10H,3-4,6-9,11-12,16H2,1-2H3;1H. The molecule has 2 rings (SSSR count). The molecular formula is C15H27ClN4O4S. The van der Waals surface area contributed by atoms with Gasteiger partial charge >= 0.3 is 0 Å². The summed E-state index contributed by atoms with van der Waals surface area (Å²) in [6, 6.07) is 1.54. The van der Waals surface area contributed by atoms with Crippen LogP contribution in [0.2, 0.25) is 0 Å². The first-order valence-electron chi connectivity index (χ1n) is 8.25. The maximum Gasteiger partial charge on any atom is 0.230 e. The highest BCUT2D eigenvalue weighted by molar-refractivity contribution is 7.88. The summed E-state index contributed by atoms with van der Waals surface area (Å²) in [5.74, 6) is -0.155. The van der Waals surface area contributed by atoms with Crippen molar-refractivity contribution in [1.82, 2.24) is 14.4 Å². The highest BCUT2D eigenvalue weighted by Gasteiger charge is 2.39. The van der Waals surface area contributed by atoms with Gasteiger partial charge in [0.1, 0.15) is 12.0 Å². The Morgan fingerprint density at radius 2 is 1.88 bits per heavy atom. The number of aromatic nitrogens is 1. The van der Waals surface area contributed by atoms with Crippen molar-refractivity contribution in [3.8, 4) is 0 Å². The van der Waals surface area contributed by atoms with E-state index < -0.39 is 15.4 Å². The van der Waals surface area contributed by atoms with Gasteiger partial charge in [-0.3, -0.25) is 4.79 Å². The average Bonchev–Trinajstić information content (AvgIpc) is 3.09. The average molecular weight is 395 g/mol. The number of carbonyl (C=O) groups excluding carboxylic acids is 1. The monoisotopic (exact) mass is 394 g/mol. The van der Waals surface area contributed by atoms with Gasteiger partial charge in [-0.15, -0.1) is 12.4 Å². The van der Waals surface area contributed by atoms with Gasteiger partial charge in [-0.2, -0.15) is 4.31 Å². The largest absolute Gasteiger partial charge is 0.364 e. The maximum absolute atomic E-state index is 12.8. The van der Waals surface area contributed by atoms with Crippen molar-refractivity contribution in [2.45, 2.75) is 32.4 Å². The summed E-state index contributed by atoms with van der Waals surface area (Å²) in [6.07, 6.45) is 2.72. The number of piperazine rings is 1. The first-order valence-corrected chi connectivity index (χ1v) is 9.86. The Hall–Kier alpha value is -1.16. The highest BCUT2D eigenvalue weighted by atomic mass is 35.5. The minimum absolute atomic E-state index is 0. The van der Waals surface area contributed by atoms with E-state index in [0.717, 1.165) is 0 Å². The Bertz CT molecular complexity index is 630. The molecule has 1 amide bonds. The molecule has 2 heterocycles. The fourth-order valence-corrected chi connectivity index (χ4v) is 4.45. The topological polar surface area (TPSA) is 110 Å². The van der Waals surface area contributed by atoms with Gasteiger partial charge in [0, 0.05) is 38.8 Å². The fourth-order valence-electron chi connectivity index (χ4n) is 3.02. The van der Waals surface area contributed by atoms with Crippen molar-refractivity contribution >= 4 is 28.3 Å². The maximum atomic E-state index is 12.8. The number of amides is 1. The van der Waals surface area contributed by atoms with Crippen LogP contribution in [0.5, 0.6) is 0 Å². The predicted octanol–water partition coefficient (Wildman–Crippen LogP) is 0.836. The van der Waals surface area contributed by atoms with Crippen LogP contribution in [0.3, 0.4) is 0 Å². The van der Waals surface area contributed by atoms with Crippen LogP contribution in [0.4, 0.5) is 0 Å². The molecule has 0 atom stereocenters. The Morgan fingerprint density at radius 1 is 1.28 bits per heavy atom. The van der Waals surface area contributed by atoms with Crippen LogP contribution in [0.15, 0.2) is 16.9 Å². The van der Waals surface area contributed by atoms with Gasteiger partial charge in [0.25, 0.3) is 0 Å². The third-order valence-corrected chi connectivity index (χ3v) is 6.75. The normalized spacial score (nSPS) is 16.5. The van der Waals surface area contributed by atoms with E-state index in [1.807, 2.05) is 13.8 Å².